The number of unbranched alkanes of at least 4 members (excludes halogenated alkanes) is 1. The molecule has 1 aromatic heterocycles. The Kier molecular flexibility index (Phi) is 8.24. The first-order chi connectivity index (χ1) is 14.4. The summed E-state index contributed by atoms with van der Waals surface area (Å²) in [7, 11) is 0. The van der Waals surface area contributed by atoms with Crippen molar-refractivity contribution < 1.29 is 9.72 Å². The van der Waals surface area contributed by atoms with Gasteiger partial charge in [0.15, 0.2) is 4.34 Å². The normalized spacial score (nSPS) is 15.3. The second kappa shape index (κ2) is 10.9. The van der Waals surface area contributed by atoms with Crippen LogP contribution in [0.5, 0.6) is 0 Å². The molecule has 7 nitrogen and oxygen atoms in total. The van der Waals surface area contributed by atoms with Crippen molar-refractivity contribution in [3.8, 4) is 0 Å². The van der Waals surface area contributed by atoms with Gasteiger partial charge in [-0.1, -0.05) is 18.7 Å². The van der Waals surface area contributed by atoms with Gasteiger partial charge in [-0.2, -0.15) is 0 Å². The molecular formula is C21H28N4O3S2. The van der Waals surface area contributed by atoms with E-state index in [-0.39, 0.29) is 11.6 Å². The first-order valence-corrected chi connectivity index (χ1v) is 12.0. The Hall–Kier alpha value is -1.97. The molecule has 2 aromatic rings. The molecule has 0 unspecified atom stereocenters. The lowest BCUT2D eigenvalue weighted by Crippen LogP contribution is -2.34. The summed E-state index contributed by atoms with van der Waals surface area (Å²) >= 11 is 2.70. The molecule has 0 spiro atoms. The average molecular weight is 449 g/mol. The molecule has 3 rings (SSSR count). The number of likely N-dealkylation sites (tertiary alicyclic amines) is 1. The Balaban J connectivity index is 1.49. The Morgan fingerprint density at radius 3 is 2.80 bits per heavy atom. The van der Waals surface area contributed by atoms with Gasteiger partial charge in [0.2, 0.25) is 0 Å². The van der Waals surface area contributed by atoms with Gasteiger partial charge >= 0.3 is 0 Å². The molecule has 1 aromatic carbocycles. The molecule has 0 aliphatic carbocycles. The monoisotopic (exact) mass is 448 g/mol. The summed E-state index contributed by atoms with van der Waals surface area (Å²) in [5, 5.41) is 16.3. The smallest absolute Gasteiger partial charge is 0.284 e. The van der Waals surface area contributed by atoms with E-state index in [0.29, 0.717) is 17.0 Å². The van der Waals surface area contributed by atoms with Crippen LogP contribution in [-0.2, 0) is 0 Å². The van der Waals surface area contributed by atoms with Gasteiger partial charge in [0.1, 0.15) is 0 Å². The molecule has 0 radical (unpaired) electrons. The second-order valence-electron chi connectivity index (χ2n) is 7.78. The van der Waals surface area contributed by atoms with Crippen molar-refractivity contribution >= 4 is 34.7 Å². The van der Waals surface area contributed by atoms with Gasteiger partial charge < -0.3 is 10.2 Å². The van der Waals surface area contributed by atoms with Crippen LogP contribution in [0.25, 0.3) is 0 Å². The topological polar surface area (TPSA) is 88.4 Å². The van der Waals surface area contributed by atoms with Crippen molar-refractivity contribution in [2.24, 2.45) is 5.92 Å². The van der Waals surface area contributed by atoms with Crippen LogP contribution in [0.4, 0.5) is 5.69 Å². The van der Waals surface area contributed by atoms with E-state index >= 15 is 0 Å². The predicted molar refractivity (Wildman–Crippen MR) is 120 cm³/mol. The van der Waals surface area contributed by atoms with Crippen LogP contribution in [0.15, 0.2) is 32.8 Å². The van der Waals surface area contributed by atoms with E-state index < -0.39 is 4.92 Å². The number of aryl methyl sites for hydroxylation is 1. The highest BCUT2D eigenvalue weighted by molar-refractivity contribution is 8.01. The molecule has 0 atom stereocenters. The van der Waals surface area contributed by atoms with Crippen molar-refractivity contribution in [3.05, 3.63) is 45.0 Å². The quantitative estimate of drug-likeness (QED) is 0.338. The van der Waals surface area contributed by atoms with Crippen molar-refractivity contribution in [3.63, 3.8) is 0 Å². The fraction of sp³-hybridized carbons (Fsp3) is 0.524. The van der Waals surface area contributed by atoms with E-state index in [9.17, 15) is 14.9 Å². The number of aromatic nitrogens is 1. The van der Waals surface area contributed by atoms with Gasteiger partial charge in [-0.25, -0.2) is 4.98 Å². The zero-order valence-electron chi connectivity index (χ0n) is 17.4. The minimum atomic E-state index is -0.445. The molecular weight excluding hydrogens is 420 g/mol. The fourth-order valence-electron chi connectivity index (χ4n) is 3.41. The summed E-state index contributed by atoms with van der Waals surface area (Å²) in [5.74, 6) is 0.562. The van der Waals surface area contributed by atoms with E-state index in [1.54, 1.807) is 12.1 Å². The van der Waals surface area contributed by atoms with E-state index in [1.165, 1.54) is 55.1 Å². The lowest BCUT2D eigenvalue weighted by Gasteiger charge is -2.30. The molecule has 1 N–H and O–H groups in total. The highest BCUT2D eigenvalue weighted by Gasteiger charge is 2.19. The maximum Gasteiger partial charge on any atom is 0.284 e. The summed E-state index contributed by atoms with van der Waals surface area (Å²) in [5.41, 5.74) is 1.13. The summed E-state index contributed by atoms with van der Waals surface area (Å²) < 4.78 is 0.746. The number of carbonyl (C=O) groups excluding carboxylic acids is 1. The first-order valence-electron chi connectivity index (χ1n) is 10.3. The summed E-state index contributed by atoms with van der Waals surface area (Å²) in [6.07, 6.45) is 4.48. The molecule has 2 heterocycles. The summed E-state index contributed by atoms with van der Waals surface area (Å²) in [6.45, 7) is 8.17. The van der Waals surface area contributed by atoms with E-state index in [2.05, 4.69) is 22.1 Å². The van der Waals surface area contributed by atoms with Gasteiger partial charge in [0.25, 0.3) is 11.6 Å². The van der Waals surface area contributed by atoms with Crippen LogP contribution in [0.3, 0.4) is 0 Å². The first kappa shape index (κ1) is 22.7. The number of benzene rings is 1. The largest absolute Gasteiger partial charge is 0.352 e. The molecule has 1 aliphatic rings. The van der Waals surface area contributed by atoms with Gasteiger partial charge in [-0.05, 0) is 70.3 Å². The molecule has 30 heavy (non-hydrogen) atoms. The van der Waals surface area contributed by atoms with Crippen molar-refractivity contribution in [1.29, 1.82) is 0 Å². The maximum atomic E-state index is 12.4. The van der Waals surface area contributed by atoms with Crippen LogP contribution < -0.4 is 5.32 Å². The number of amides is 1. The number of carbonyl (C=O) groups is 1. The van der Waals surface area contributed by atoms with Crippen molar-refractivity contribution in [2.75, 3.05) is 26.2 Å². The minimum Gasteiger partial charge on any atom is -0.352 e. The molecule has 1 fully saturated rings. The van der Waals surface area contributed by atoms with Crippen LogP contribution in [-0.4, -0.2) is 46.9 Å². The SMILES string of the molecule is Cc1csc(Sc2ccc(C(=O)NCCCCN3CCC(C)CC3)cc2[N+](=O)[O-])n1. The van der Waals surface area contributed by atoms with Gasteiger partial charge in [-0.15, -0.1) is 11.3 Å². The van der Waals surface area contributed by atoms with Crippen LogP contribution in [0, 0.1) is 23.0 Å². The van der Waals surface area contributed by atoms with Gasteiger partial charge in [0, 0.05) is 29.2 Å². The Morgan fingerprint density at radius 2 is 2.13 bits per heavy atom. The molecule has 0 saturated carbocycles. The molecule has 1 saturated heterocycles. The third-order valence-electron chi connectivity index (χ3n) is 5.28. The maximum absolute atomic E-state index is 12.4. The molecule has 1 amide bonds. The van der Waals surface area contributed by atoms with Crippen molar-refractivity contribution in [1.82, 2.24) is 15.2 Å². The Bertz CT molecular complexity index is 879. The summed E-state index contributed by atoms with van der Waals surface area (Å²) in [4.78, 5) is 30.8. The molecule has 0 bridgehead atoms. The molecule has 1 aliphatic heterocycles. The highest BCUT2D eigenvalue weighted by Crippen LogP contribution is 2.36. The average Bonchev–Trinajstić information content (AvgIpc) is 3.13. The third kappa shape index (κ3) is 6.52. The van der Waals surface area contributed by atoms with Crippen LogP contribution in [0.2, 0.25) is 0 Å². The zero-order chi connectivity index (χ0) is 21.5. The summed E-state index contributed by atoms with van der Waals surface area (Å²) in [6, 6.07) is 4.62. The standard InChI is InChI=1S/C21H28N4O3S2/c1-15-7-11-24(12-8-15)10-4-3-9-22-20(26)17-5-6-19(18(13-17)25(27)28)30-21-23-16(2)14-29-21/h5-6,13-15H,3-4,7-12H2,1-2H3,(H,22,26). The number of nitrogens with zero attached hydrogens (tertiary/aromatic N) is 3. The highest BCUT2D eigenvalue weighted by atomic mass is 32.2. The van der Waals surface area contributed by atoms with Crippen molar-refractivity contribution in [2.45, 2.75) is 48.8 Å². The number of thiazole rings is 1. The fourth-order valence-corrected chi connectivity index (χ4v) is 5.29. The lowest BCUT2D eigenvalue weighted by atomic mass is 9.99. The Labute approximate surface area is 185 Å². The lowest BCUT2D eigenvalue weighted by molar-refractivity contribution is -0.387. The zero-order valence-corrected chi connectivity index (χ0v) is 19.1. The van der Waals surface area contributed by atoms with E-state index in [4.69, 9.17) is 0 Å². The van der Waals surface area contributed by atoms with Gasteiger partial charge in [0.05, 0.1) is 9.82 Å². The van der Waals surface area contributed by atoms with Crippen LogP contribution in [0.1, 0.15) is 48.7 Å². The second-order valence-corrected chi connectivity index (χ2v) is 9.93. The third-order valence-corrected chi connectivity index (χ3v) is 7.40. The number of nitro benzene ring substituents is 1. The predicted octanol–water partition coefficient (Wildman–Crippen LogP) is 4.75. The van der Waals surface area contributed by atoms with Gasteiger partial charge in [-0.3, -0.25) is 14.9 Å². The Morgan fingerprint density at radius 1 is 1.37 bits per heavy atom. The molecule has 162 valence electrons. The number of piperidine rings is 1. The van der Waals surface area contributed by atoms with E-state index in [1.807, 2.05) is 12.3 Å². The number of nitro groups is 1. The number of rotatable bonds is 9. The number of hydrogen-bond acceptors (Lipinski definition) is 7. The number of hydrogen-bond donors (Lipinski definition) is 1. The number of nitrogens with one attached hydrogen (secondary N) is 1. The molecule has 9 heteroatoms. The van der Waals surface area contributed by atoms with Crippen LogP contribution >= 0.6 is 23.1 Å². The van der Waals surface area contributed by atoms with E-state index in [0.717, 1.165) is 35.3 Å². The minimum absolute atomic E-state index is 0.0696.